The van der Waals surface area contributed by atoms with Gasteiger partial charge in [0.1, 0.15) is 12.1 Å². The fraction of sp³-hybridized carbons (Fsp3) is 0.407. The maximum absolute atomic E-state index is 13.5. The third-order valence-electron chi connectivity index (χ3n) is 6.63. The third-order valence-corrected chi connectivity index (χ3v) is 6.63. The van der Waals surface area contributed by atoms with Crippen LogP contribution in [0.4, 0.5) is 11.4 Å². The van der Waals surface area contributed by atoms with Gasteiger partial charge in [-0.15, -0.1) is 0 Å². The molecule has 2 aromatic rings. The van der Waals surface area contributed by atoms with E-state index in [2.05, 4.69) is 15.6 Å². The summed E-state index contributed by atoms with van der Waals surface area (Å²) in [5.74, 6) is -1.37. The SMILES string of the molecule is NC(N)=NCCC[C@H](NC(=O)[C@H]1CCCCN1C(=O)[C@@H](N)Cc1ccccc1)C(=O)Nc1ccc([N+](=O)[O-])cc1. The minimum atomic E-state index is -0.964. The lowest BCUT2D eigenvalue weighted by molar-refractivity contribution is -0.384. The van der Waals surface area contributed by atoms with Crippen LogP contribution in [0.1, 0.15) is 37.7 Å². The molecule has 1 heterocycles. The van der Waals surface area contributed by atoms with Crippen LogP contribution in [0.3, 0.4) is 0 Å². The zero-order valence-electron chi connectivity index (χ0n) is 22.2. The second kappa shape index (κ2) is 14.6. The fourth-order valence-corrected chi connectivity index (χ4v) is 4.57. The molecule has 3 rings (SSSR count). The van der Waals surface area contributed by atoms with E-state index in [9.17, 15) is 24.5 Å². The highest BCUT2D eigenvalue weighted by Gasteiger charge is 2.36. The summed E-state index contributed by atoms with van der Waals surface area (Å²) in [6.45, 7) is 0.644. The average molecular weight is 553 g/mol. The molecule has 2 aromatic carbocycles. The Morgan fingerprint density at radius 3 is 2.42 bits per heavy atom. The second-order valence-electron chi connectivity index (χ2n) is 9.64. The number of non-ortho nitro benzene ring substituents is 1. The van der Waals surface area contributed by atoms with E-state index in [1.54, 1.807) is 0 Å². The number of nitrogens with zero attached hydrogens (tertiary/aromatic N) is 3. The van der Waals surface area contributed by atoms with Crippen molar-refractivity contribution in [3.63, 3.8) is 0 Å². The maximum Gasteiger partial charge on any atom is 0.269 e. The zero-order chi connectivity index (χ0) is 29.1. The summed E-state index contributed by atoms with van der Waals surface area (Å²) in [4.78, 5) is 55.7. The normalized spacial score (nSPS) is 16.3. The Hall–Kier alpha value is -4.52. The molecule has 0 spiro atoms. The van der Waals surface area contributed by atoms with Crippen LogP contribution in [0, 0.1) is 10.1 Å². The summed E-state index contributed by atoms with van der Waals surface area (Å²) in [6, 6.07) is 12.2. The number of piperidine rings is 1. The molecule has 1 fully saturated rings. The lowest BCUT2D eigenvalue weighted by Crippen LogP contribution is -2.58. The standard InChI is InChI=1S/C27H36N8O5/c28-21(17-18-7-2-1-3-8-18)26(38)34-16-5-4-10-23(34)25(37)33-22(9-6-15-31-27(29)30)24(36)32-19-11-13-20(14-12-19)35(39)40/h1-3,7-8,11-14,21-23H,4-6,9-10,15-17,28H2,(H,32,36)(H,33,37)(H4,29,30,31)/t21-,22-,23+/m0/s1. The van der Waals surface area contributed by atoms with Crippen molar-refractivity contribution in [2.24, 2.45) is 22.2 Å². The summed E-state index contributed by atoms with van der Waals surface area (Å²) in [6.07, 6.45) is 2.90. The van der Waals surface area contributed by atoms with Crippen molar-refractivity contribution in [2.75, 3.05) is 18.4 Å². The number of carbonyl (C=O) groups excluding carboxylic acids is 3. The molecular formula is C27H36N8O5. The highest BCUT2D eigenvalue weighted by atomic mass is 16.6. The lowest BCUT2D eigenvalue weighted by Gasteiger charge is -2.37. The average Bonchev–Trinajstić information content (AvgIpc) is 2.94. The first-order valence-electron chi connectivity index (χ1n) is 13.2. The van der Waals surface area contributed by atoms with Crippen molar-refractivity contribution < 1.29 is 19.3 Å². The van der Waals surface area contributed by atoms with Crippen LogP contribution in [-0.4, -0.2) is 64.7 Å². The van der Waals surface area contributed by atoms with Gasteiger partial charge in [-0.05, 0) is 56.2 Å². The van der Waals surface area contributed by atoms with Gasteiger partial charge in [0, 0.05) is 30.9 Å². The quantitative estimate of drug-likeness (QED) is 0.0841. The number of anilines is 1. The Labute approximate surface area is 232 Å². The first kappa shape index (κ1) is 30.0. The number of likely N-dealkylation sites (tertiary alicyclic amines) is 1. The van der Waals surface area contributed by atoms with Crippen LogP contribution >= 0.6 is 0 Å². The first-order valence-corrected chi connectivity index (χ1v) is 13.2. The number of hydrogen-bond donors (Lipinski definition) is 5. The van der Waals surface area contributed by atoms with Crippen molar-refractivity contribution in [1.29, 1.82) is 0 Å². The van der Waals surface area contributed by atoms with E-state index in [1.165, 1.54) is 29.2 Å². The number of nitrogens with two attached hydrogens (primary N) is 3. The summed E-state index contributed by atoms with van der Waals surface area (Å²) in [5, 5.41) is 16.4. The number of hydrogen-bond acceptors (Lipinski definition) is 7. The molecule has 0 unspecified atom stereocenters. The molecular weight excluding hydrogens is 516 g/mol. The van der Waals surface area contributed by atoms with E-state index in [4.69, 9.17) is 17.2 Å². The van der Waals surface area contributed by atoms with Crippen molar-refractivity contribution >= 4 is 35.1 Å². The largest absolute Gasteiger partial charge is 0.370 e. The number of nitro groups is 1. The van der Waals surface area contributed by atoms with E-state index >= 15 is 0 Å². The number of nitrogens with one attached hydrogen (secondary N) is 2. The van der Waals surface area contributed by atoms with Gasteiger partial charge in [-0.3, -0.25) is 29.5 Å². The summed E-state index contributed by atoms with van der Waals surface area (Å²) >= 11 is 0. The van der Waals surface area contributed by atoms with E-state index in [-0.39, 0.29) is 30.5 Å². The van der Waals surface area contributed by atoms with Gasteiger partial charge in [0.05, 0.1) is 11.0 Å². The molecule has 3 atom stereocenters. The van der Waals surface area contributed by atoms with Crippen molar-refractivity contribution in [1.82, 2.24) is 10.2 Å². The van der Waals surface area contributed by atoms with Gasteiger partial charge in [-0.1, -0.05) is 30.3 Å². The van der Waals surface area contributed by atoms with Crippen molar-refractivity contribution in [2.45, 2.75) is 56.7 Å². The van der Waals surface area contributed by atoms with Gasteiger partial charge in [0.15, 0.2) is 5.96 Å². The molecule has 0 aliphatic carbocycles. The molecule has 0 aromatic heterocycles. The topological polar surface area (TPSA) is 212 Å². The summed E-state index contributed by atoms with van der Waals surface area (Å²) < 4.78 is 0. The van der Waals surface area contributed by atoms with E-state index in [0.29, 0.717) is 31.5 Å². The molecule has 8 N–H and O–H groups in total. The van der Waals surface area contributed by atoms with E-state index in [0.717, 1.165) is 18.4 Å². The third kappa shape index (κ3) is 8.76. The van der Waals surface area contributed by atoms with Crippen LogP contribution in [-0.2, 0) is 20.8 Å². The molecule has 1 aliphatic rings. The zero-order valence-corrected chi connectivity index (χ0v) is 22.2. The fourth-order valence-electron chi connectivity index (χ4n) is 4.57. The van der Waals surface area contributed by atoms with Gasteiger partial charge in [-0.25, -0.2) is 0 Å². The number of rotatable bonds is 12. The van der Waals surface area contributed by atoms with Gasteiger partial charge in [0.2, 0.25) is 17.7 Å². The number of benzene rings is 2. The van der Waals surface area contributed by atoms with Crippen molar-refractivity contribution in [3.05, 3.63) is 70.3 Å². The predicted octanol–water partition coefficient (Wildman–Crippen LogP) is 1.02. The minimum absolute atomic E-state index is 0.0841. The summed E-state index contributed by atoms with van der Waals surface area (Å²) in [7, 11) is 0. The van der Waals surface area contributed by atoms with Gasteiger partial charge < -0.3 is 32.7 Å². The molecule has 1 aliphatic heterocycles. The molecule has 0 saturated carbocycles. The number of guanidine groups is 1. The van der Waals surface area contributed by atoms with E-state index < -0.39 is 34.9 Å². The Bertz CT molecular complexity index is 1200. The van der Waals surface area contributed by atoms with Gasteiger partial charge >= 0.3 is 0 Å². The number of nitro benzene ring substituents is 1. The maximum atomic E-state index is 13.5. The summed E-state index contributed by atoms with van der Waals surface area (Å²) in [5.41, 5.74) is 18.2. The first-order chi connectivity index (χ1) is 19.2. The molecule has 13 nitrogen and oxygen atoms in total. The Balaban J connectivity index is 1.71. The second-order valence-corrected chi connectivity index (χ2v) is 9.64. The molecule has 0 bridgehead atoms. The molecule has 40 heavy (non-hydrogen) atoms. The minimum Gasteiger partial charge on any atom is -0.370 e. The Kier molecular flexibility index (Phi) is 10.9. The molecule has 3 amide bonds. The smallest absolute Gasteiger partial charge is 0.269 e. The molecule has 0 radical (unpaired) electrons. The van der Waals surface area contributed by atoms with Gasteiger partial charge in [-0.2, -0.15) is 0 Å². The number of carbonyl (C=O) groups is 3. The van der Waals surface area contributed by atoms with E-state index in [1.807, 2.05) is 30.3 Å². The van der Waals surface area contributed by atoms with Crippen LogP contribution in [0.15, 0.2) is 59.6 Å². The van der Waals surface area contributed by atoms with Crippen LogP contribution in [0.5, 0.6) is 0 Å². The Morgan fingerprint density at radius 1 is 1.07 bits per heavy atom. The van der Waals surface area contributed by atoms with Crippen LogP contribution in [0.2, 0.25) is 0 Å². The molecule has 1 saturated heterocycles. The monoisotopic (exact) mass is 552 g/mol. The molecule has 214 valence electrons. The number of aliphatic imine (C=N–C) groups is 1. The van der Waals surface area contributed by atoms with Crippen LogP contribution in [0.25, 0.3) is 0 Å². The van der Waals surface area contributed by atoms with Gasteiger partial charge in [0.25, 0.3) is 5.69 Å². The van der Waals surface area contributed by atoms with Crippen molar-refractivity contribution in [3.8, 4) is 0 Å². The molecule has 13 heteroatoms. The predicted molar refractivity (Wildman–Crippen MR) is 151 cm³/mol. The van der Waals surface area contributed by atoms with Crippen LogP contribution < -0.4 is 27.8 Å². The highest BCUT2D eigenvalue weighted by molar-refractivity contribution is 5.98. The Morgan fingerprint density at radius 2 is 1.77 bits per heavy atom. The number of amides is 3. The highest BCUT2D eigenvalue weighted by Crippen LogP contribution is 2.20. The lowest BCUT2D eigenvalue weighted by atomic mass is 9.98.